The fourth-order valence-corrected chi connectivity index (χ4v) is 2.72. The van der Waals surface area contributed by atoms with Crippen molar-refractivity contribution in [3.8, 4) is 0 Å². The zero-order valence-corrected chi connectivity index (χ0v) is 10.5. The molecule has 1 aromatic carbocycles. The Balaban J connectivity index is 1.80. The molecule has 16 heavy (non-hydrogen) atoms. The summed E-state index contributed by atoms with van der Waals surface area (Å²) in [6.07, 6.45) is 5.51. The molecule has 2 rings (SSSR count). The topological polar surface area (TPSA) is 12.0 Å². The fourth-order valence-electron chi connectivity index (χ4n) is 2.72. The van der Waals surface area contributed by atoms with E-state index in [9.17, 15) is 0 Å². The Morgan fingerprint density at radius 3 is 2.88 bits per heavy atom. The van der Waals surface area contributed by atoms with Crippen molar-refractivity contribution in [2.24, 2.45) is 5.92 Å². The molecule has 1 saturated carbocycles. The molecule has 0 aromatic heterocycles. The number of hydrogen-bond acceptors (Lipinski definition) is 1. The predicted octanol–water partition coefficient (Wildman–Crippen LogP) is 3.66. The quantitative estimate of drug-likeness (QED) is 0.811. The molecule has 2 unspecified atom stereocenters. The molecule has 1 nitrogen and oxygen atoms in total. The van der Waals surface area contributed by atoms with E-state index < -0.39 is 0 Å². The van der Waals surface area contributed by atoms with E-state index in [2.05, 4.69) is 43.4 Å². The monoisotopic (exact) mass is 217 g/mol. The molecular weight excluding hydrogens is 194 g/mol. The molecule has 0 saturated heterocycles. The average molecular weight is 217 g/mol. The molecule has 88 valence electrons. The maximum absolute atomic E-state index is 3.69. The summed E-state index contributed by atoms with van der Waals surface area (Å²) in [4.78, 5) is 0. The Kier molecular flexibility index (Phi) is 4.00. The standard InChI is InChI=1S/C15H23N/c1-3-13-7-8-15(10-13)16-11-14-6-4-5-12(2)9-14/h4-6,9,13,15-16H,3,7-8,10-11H2,1-2H3. The third-order valence-corrected chi connectivity index (χ3v) is 3.80. The molecular formula is C15H23N. The van der Waals surface area contributed by atoms with Gasteiger partial charge < -0.3 is 5.32 Å². The lowest BCUT2D eigenvalue weighted by Crippen LogP contribution is -2.25. The van der Waals surface area contributed by atoms with E-state index in [4.69, 9.17) is 0 Å². The van der Waals surface area contributed by atoms with Crippen molar-refractivity contribution in [2.75, 3.05) is 0 Å². The summed E-state index contributed by atoms with van der Waals surface area (Å²) in [5.41, 5.74) is 2.78. The van der Waals surface area contributed by atoms with E-state index in [1.54, 1.807) is 0 Å². The molecule has 1 aromatic rings. The van der Waals surface area contributed by atoms with Gasteiger partial charge in [0.15, 0.2) is 0 Å². The van der Waals surface area contributed by atoms with Gasteiger partial charge in [0.25, 0.3) is 0 Å². The van der Waals surface area contributed by atoms with Crippen LogP contribution in [-0.2, 0) is 6.54 Å². The van der Waals surface area contributed by atoms with Crippen molar-refractivity contribution in [3.63, 3.8) is 0 Å². The molecule has 0 amide bonds. The highest BCUT2D eigenvalue weighted by Gasteiger charge is 2.22. The first-order valence-corrected chi connectivity index (χ1v) is 6.57. The molecule has 0 heterocycles. The van der Waals surface area contributed by atoms with Crippen molar-refractivity contribution in [1.29, 1.82) is 0 Å². The maximum Gasteiger partial charge on any atom is 0.0208 e. The van der Waals surface area contributed by atoms with Gasteiger partial charge in [-0.05, 0) is 37.7 Å². The first kappa shape index (κ1) is 11.7. The summed E-state index contributed by atoms with van der Waals surface area (Å²) in [5, 5.41) is 3.69. The number of aryl methyl sites for hydroxylation is 1. The van der Waals surface area contributed by atoms with Crippen LogP contribution in [0.1, 0.15) is 43.7 Å². The number of benzene rings is 1. The van der Waals surface area contributed by atoms with Crippen molar-refractivity contribution < 1.29 is 0 Å². The van der Waals surface area contributed by atoms with Gasteiger partial charge in [-0.3, -0.25) is 0 Å². The van der Waals surface area contributed by atoms with Gasteiger partial charge >= 0.3 is 0 Å². The van der Waals surface area contributed by atoms with Crippen LogP contribution in [0.25, 0.3) is 0 Å². The van der Waals surface area contributed by atoms with E-state index in [1.807, 2.05) is 0 Å². The zero-order chi connectivity index (χ0) is 11.4. The molecule has 0 spiro atoms. The third-order valence-electron chi connectivity index (χ3n) is 3.80. The minimum atomic E-state index is 0.755. The minimum Gasteiger partial charge on any atom is -0.310 e. The number of nitrogens with one attached hydrogen (secondary N) is 1. The second kappa shape index (κ2) is 5.49. The van der Waals surface area contributed by atoms with Crippen LogP contribution >= 0.6 is 0 Å². The van der Waals surface area contributed by atoms with Crippen LogP contribution in [0.15, 0.2) is 24.3 Å². The van der Waals surface area contributed by atoms with Gasteiger partial charge in [0.2, 0.25) is 0 Å². The lowest BCUT2D eigenvalue weighted by atomic mass is 10.1. The van der Waals surface area contributed by atoms with Gasteiger partial charge in [-0.25, -0.2) is 0 Å². The Hall–Kier alpha value is -0.820. The zero-order valence-electron chi connectivity index (χ0n) is 10.5. The van der Waals surface area contributed by atoms with E-state index >= 15 is 0 Å². The first-order valence-electron chi connectivity index (χ1n) is 6.57. The number of rotatable bonds is 4. The second-order valence-corrected chi connectivity index (χ2v) is 5.15. The molecule has 1 aliphatic rings. The number of hydrogen-bond donors (Lipinski definition) is 1. The van der Waals surface area contributed by atoms with E-state index in [1.165, 1.54) is 36.8 Å². The normalized spacial score (nSPS) is 24.9. The van der Waals surface area contributed by atoms with Crippen LogP contribution in [0.4, 0.5) is 0 Å². The molecule has 1 heteroatoms. The van der Waals surface area contributed by atoms with Crippen LogP contribution in [0.5, 0.6) is 0 Å². The largest absolute Gasteiger partial charge is 0.310 e. The van der Waals surface area contributed by atoms with E-state index in [0.29, 0.717) is 0 Å². The second-order valence-electron chi connectivity index (χ2n) is 5.15. The van der Waals surface area contributed by atoms with Gasteiger partial charge in [-0.2, -0.15) is 0 Å². The Morgan fingerprint density at radius 1 is 1.31 bits per heavy atom. The van der Waals surface area contributed by atoms with E-state index in [-0.39, 0.29) is 0 Å². The SMILES string of the molecule is CCC1CCC(NCc2cccc(C)c2)C1. The van der Waals surface area contributed by atoms with Crippen molar-refractivity contribution in [3.05, 3.63) is 35.4 Å². The molecule has 0 bridgehead atoms. The summed E-state index contributed by atoms with van der Waals surface area (Å²) in [6, 6.07) is 9.55. The lowest BCUT2D eigenvalue weighted by molar-refractivity contribution is 0.476. The summed E-state index contributed by atoms with van der Waals surface area (Å²) < 4.78 is 0. The van der Waals surface area contributed by atoms with Crippen LogP contribution in [0, 0.1) is 12.8 Å². The van der Waals surface area contributed by atoms with Gasteiger partial charge in [-0.1, -0.05) is 43.2 Å². The van der Waals surface area contributed by atoms with Gasteiger partial charge in [0, 0.05) is 12.6 Å². The molecule has 1 fully saturated rings. The smallest absolute Gasteiger partial charge is 0.0208 e. The lowest BCUT2D eigenvalue weighted by Gasteiger charge is -2.13. The van der Waals surface area contributed by atoms with Gasteiger partial charge in [0.05, 0.1) is 0 Å². The molecule has 0 aliphatic heterocycles. The Morgan fingerprint density at radius 2 is 2.19 bits per heavy atom. The van der Waals surface area contributed by atoms with Crippen LogP contribution in [0.3, 0.4) is 0 Å². The highest BCUT2D eigenvalue weighted by Crippen LogP contribution is 2.27. The summed E-state index contributed by atoms with van der Waals surface area (Å²) in [6.45, 7) is 5.50. The first-order chi connectivity index (χ1) is 7.78. The molecule has 2 atom stereocenters. The minimum absolute atomic E-state index is 0.755. The summed E-state index contributed by atoms with van der Waals surface area (Å²) >= 11 is 0. The third kappa shape index (κ3) is 3.08. The summed E-state index contributed by atoms with van der Waals surface area (Å²) in [5.74, 6) is 0.968. The van der Waals surface area contributed by atoms with Crippen LogP contribution < -0.4 is 5.32 Å². The molecule has 1 N–H and O–H groups in total. The molecule has 1 aliphatic carbocycles. The summed E-state index contributed by atoms with van der Waals surface area (Å²) in [7, 11) is 0. The van der Waals surface area contributed by atoms with Crippen molar-refractivity contribution in [1.82, 2.24) is 5.32 Å². The maximum atomic E-state index is 3.69. The fraction of sp³-hybridized carbons (Fsp3) is 0.600. The van der Waals surface area contributed by atoms with Crippen LogP contribution in [-0.4, -0.2) is 6.04 Å². The van der Waals surface area contributed by atoms with Crippen molar-refractivity contribution in [2.45, 2.75) is 52.1 Å². The Labute approximate surface area is 99.3 Å². The highest BCUT2D eigenvalue weighted by molar-refractivity contribution is 5.22. The van der Waals surface area contributed by atoms with Gasteiger partial charge in [0.1, 0.15) is 0 Å². The van der Waals surface area contributed by atoms with Gasteiger partial charge in [-0.15, -0.1) is 0 Å². The highest BCUT2D eigenvalue weighted by atomic mass is 14.9. The molecule has 0 radical (unpaired) electrons. The Bertz CT molecular complexity index is 332. The average Bonchev–Trinajstić information content (AvgIpc) is 2.74. The predicted molar refractivity (Wildman–Crippen MR) is 69.4 cm³/mol. The van der Waals surface area contributed by atoms with Crippen molar-refractivity contribution >= 4 is 0 Å². The van der Waals surface area contributed by atoms with E-state index in [0.717, 1.165) is 18.5 Å². The van der Waals surface area contributed by atoms with Crippen LogP contribution in [0.2, 0.25) is 0 Å².